The van der Waals surface area contributed by atoms with E-state index in [0.717, 1.165) is 9.15 Å². The second-order valence-electron chi connectivity index (χ2n) is 5.40. The molecule has 0 aliphatic rings. The zero-order chi connectivity index (χ0) is 18.7. The van der Waals surface area contributed by atoms with Gasteiger partial charge in [0.15, 0.2) is 11.5 Å². The average Bonchev–Trinajstić information content (AvgIpc) is 2.65. The molecule has 2 aromatic carbocycles. The number of hydrogen-bond acceptors (Lipinski definition) is 5. The maximum absolute atomic E-state index is 12.8. The molecule has 8 heteroatoms. The van der Waals surface area contributed by atoms with Gasteiger partial charge in [-0.05, 0) is 40.2 Å². The Labute approximate surface area is 157 Å². The molecule has 1 N–H and O–H groups in total. The molecule has 0 bridgehead atoms. The molecule has 0 fully saturated rings. The first-order valence-corrected chi connectivity index (χ1v) is 8.49. The van der Waals surface area contributed by atoms with Gasteiger partial charge in [0.2, 0.25) is 5.91 Å². The third-order valence-electron chi connectivity index (χ3n) is 3.80. The van der Waals surface area contributed by atoms with Crippen LogP contribution in [0.15, 0.2) is 51.9 Å². The quantitative estimate of drug-likeness (QED) is 0.689. The molecule has 0 atom stereocenters. The van der Waals surface area contributed by atoms with E-state index in [-0.39, 0.29) is 12.5 Å². The Hall–Kier alpha value is -2.87. The summed E-state index contributed by atoms with van der Waals surface area (Å²) < 4.78 is 12.4. The Morgan fingerprint density at radius 2 is 1.96 bits per heavy atom. The Morgan fingerprint density at radius 1 is 1.19 bits per heavy atom. The van der Waals surface area contributed by atoms with Gasteiger partial charge in [0.1, 0.15) is 6.54 Å². The molecule has 0 radical (unpaired) electrons. The maximum Gasteiger partial charge on any atom is 0.279 e. The second kappa shape index (κ2) is 7.57. The predicted molar refractivity (Wildman–Crippen MR) is 102 cm³/mol. The summed E-state index contributed by atoms with van der Waals surface area (Å²) in [6.45, 7) is -0.226. The molecular formula is C18H16BrN3O4. The van der Waals surface area contributed by atoms with Crippen molar-refractivity contribution in [2.75, 3.05) is 19.5 Å². The number of aromatic nitrogens is 2. The number of hydrogen-bond donors (Lipinski definition) is 1. The van der Waals surface area contributed by atoms with Crippen molar-refractivity contribution in [2.24, 2.45) is 0 Å². The van der Waals surface area contributed by atoms with Gasteiger partial charge in [-0.25, -0.2) is 4.68 Å². The van der Waals surface area contributed by atoms with Crippen molar-refractivity contribution in [3.8, 4) is 11.5 Å². The Morgan fingerprint density at radius 3 is 2.65 bits per heavy atom. The number of benzene rings is 2. The predicted octanol–water partition coefficient (Wildman–Crippen LogP) is 2.81. The smallest absolute Gasteiger partial charge is 0.279 e. The molecule has 1 amide bonds. The number of rotatable bonds is 5. The van der Waals surface area contributed by atoms with E-state index in [9.17, 15) is 9.59 Å². The minimum atomic E-state index is -0.430. The van der Waals surface area contributed by atoms with Gasteiger partial charge < -0.3 is 14.8 Å². The van der Waals surface area contributed by atoms with E-state index in [0.29, 0.717) is 28.0 Å². The number of anilines is 1. The number of nitrogens with one attached hydrogen (secondary N) is 1. The second-order valence-corrected chi connectivity index (χ2v) is 6.26. The minimum absolute atomic E-state index is 0.226. The fourth-order valence-electron chi connectivity index (χ4n) is 2.58. The summed E-state index contributed by atoms with van der Waals surface area (Å²) in [5.74, 6) is 0.387. The summed E-state index contributed by atoms with van der Waals surface area (Å²) in [6.07, 6.45) is 1.52. The van der Waals surface area contributed by atoms with Crippen LogP contribution < -0.4 is 20.3 Å². The summed E-state index contributed by atoms with van der Waals surface area (Å²) in [7, 11) is 2.95. The number of carbonyl (C=O) groups is 1. The summed E-state index contributed by atoms with van der Waals surface area (Å²) in [5, 5.41) is 7.74. The maximum atomic E-state index is 12.8. The van der Waals surface area contributed by atoms with Crippen LogP contribution in [0.2, 0.25) is 0 Å². The van der Waals surface area contributed by atoms with Crippen LogP contribution in [-0.2, 0) is 11.3 Å². The zero-order valence-electron chi connectivity index (χ0n) is 14.2. The van der Waals surface area contributed by atoms with Gasteiger partial charge in [-0.3, -0.25) is 9.59 Å². The highest BCUT2D eigenvalue weighted by molar-refractivity contribution is 9.10. The van der Waals surface area contributed by atoms with E-state index in [2.05, 4.69) is 26.3 Å². The zero-order valence-corrected chi connectivity index (χ0v) is 15.7. The molecule has 3 aromatic rings. The van der Waals surface area contributed by atoms with Gasteiger partial charge in [0.05, 0.1) is 31.5 Å². The topological polar surface area (TPSA) is 82.5 Å². The summed E-state index contributed by atoms with van der Waals surface area (Å²) in [6, 6.07) is 10.6. The van der Waals surface area contributed by atoms with E-state index < -0.39 is 5.56 Å². The Bertz CT molecular complexity index is 1030. The molecule has 0 saturated carbocycles. The van der Waals surface area contributed by atoms with Gasteiger partial charge >= 0.3 is 0 Å². The number of para-hydroxylation sites is 1. The van der Waals surface area contributed by atoms with Crippen molar-refractivity contribution < 1.29 is 14.3 Å². The van der Waals surface area contributed by atoms with Gasteiger partial charge in [0.25, 0.3) is 5.56 Å². The van der Waals surface area contributed by atoms with Crippen LogP contribution >= 0.6 is 15.9 Å². The van der Waals surface area contributed by atoms with Gasteiger partial charge in [-0.1, -0.05) is 12.1 Å². The highest BCUT2D eigenvalue weighted by atomic mass is 79.9. The molecule has 0 spiro atoms. The largest absolute Gasteiger partial charge is 0.493 e. The lowest BCUT2D eigenvalue weighted by atomic mass is 10.1. The fourth-order valence-corrected chi connectivity index (χ4v) is 2.97. The summed E-state index contributed by atoms with van der Waals surface area (Å²) in [4.78, 5) is 25.1. The van der Waals surface area contributed by atoms with Crippen LogP contribution in [0, 0.1) is 0 Å². The van der Waals surface area contributed by atoms with Crippen molar-refractivity contribution in [3.05, 3.63) is 57.4 Å². The number of nitrogens with zero attached hydrogens (tertiary/aromatic N) is 2. The molecule has 3 rings (SSSR count). The Balaban J connectivity index is 1.96. The van der Waals surface area contributed by atoms with Crippen LogP contribution in [0.3, 0.4) is 0 Å². The molecule has 26 heavy (non-hydrogen) atoms. The summed E-state index contributed by atoms with van der Waals surface area (Å²) >= 11 is 3.36. The fraction of sp³-hybridized carbons (Fsp3) is 0.167. The lowest BCUT2D eigenvalue weighted by molar-refractivity contribution is -0.117. The van der Waals surface area contributed by atoms with Crippen molar-refractivity contribution in [3.63, 3.8) is 0 Å². The normalized spacial score (nSPS) is 10.6. The molecule has 0 unspecified atom stereocenters. The number of carbonyl (C=O) groups excluding carboxylic acids is 1. The number of ether oxygens (including phenoxy) is 2. The third kappa shape index (κ3) is 3.41. The molecule has 134 valence electrons. The van der Waals surface area contributed by atoms with Crippen LogP contribution in [0.25, 0.3) is 10.8 Å². The van der Waals surface area contributed by atoms with Gasteiger partial charge in [-0.2, -0.15) is 5.10 Å². The SMILES string of the molecule is COc1ccc2cnn(CC(=O)Nc3ccccc3Br)c(=O)c2c1OC. The molecular weight excluding hydrogens is 402 g/mol. The van der Waals surface area contributed by atoms with E-state index in [1.54, 1.807) is 24.3 Å². The Kier molecular flexibility index (Phi) is 5.22. The van der Waals surface area contributed by atoms with Crippen molar-refractivity contribution in [1.29, 1.82) is 0 Å². The number of halogens is 1. The first-order valence-electron chi connectivity index (χ1n) is 7.70. The number of fused-ring (bicyclic) bond motifs is 1. The number of methoxy groups -OCH3 is 2. The highest BCUT2D eigenvalue weighted by Gasteiger charge is 2.16. The summed E-state index contributed by atoms with van der Waals surface area (Å²) in [5.41, 5.74) is 0.186. The highest BCUT2D eigenvalue weighted by Crippen LogP contribution is 2.32. The van der Waals surface area contributed by atoms with Crippen LogP contribution in [0.4, 0.5) is 5.69 Å². The van der Waals surface area contributed by atoms with Crippen molar-refractivity contribution >= 4 is 38.3 Å². The lowest BCUT2D eigenvalue weighted by Crippen LogP contribution is -2.29. The van der Waals surface area contributed by atoms with E-state index in [4.69, 9.17) is 9.47 Å². The average molecular weight is 418 g/mol. The molecule has 1 heterocycles. The molecule has 0 saturated heterocycles. The van der Waals surface area contributed by atoms with E-state index >= 15 is 0 Å². The van der Waals surface area contributed by atoms with E-state index in [1.807, 2.05) is 12.1 Å². The van der Waals surface area contributed by atoms with Crippen molar-refractivity contribution in [2.45, 2.75) is 6.54 Å². The molecule has 0 aliphatic heterocycles. The monoisotopic (exact) mass is 417 g/mol. The number of amides is 1. The lowest BCUT2D eigenvalue weighted by Gasteiger charge is -2.12. The van der Waals surface area contributed by atoms with Crippen LogP contribution in [-0.4, -0.2) is 29.9 Å². The van der Waals surface area contributed by atoms with Gasteiger partial charge in [0, 0.05) is 9.86 Å². The van der Waals surface area contributed by atoms with Crippen LogP contribution in [0.1, 0.15) is 0 Å². The van der Waals surface area contributed by atoms with Crippen LogP contribution in [0.5, 0.6) is 11.5 Å². The standard InChI is InChI=1S/C18H16BrN3O4/c1-25-14-8-7-11-9-20-22(18(24)16(11)17(14)26-2)10-15(23)21-13-6-4-3-5-12(13)19/h3-9H,10H2,1-2H3,(H,21,23). The minimum Gasteiger partial charge on any atom is -0.493 e. The first-order chi connectivity index (χ1) is 12.5. The van der Waals surface area contributed by atoms with Crippen molar-refractivity contribution in [1.82, 2.24) is 9.78 Å². The van der Waals surface area contributed by atoms with Gasteiger partial charge in [-0.15, -0.1) is 0 Å². The molecule has 0 aliphatic carbocycles. The third-order valence-corrected chi connectivity index (χ3v) is 4.50. The molecule has 1 aromatic heterocycles. The van der Waals surface area contributed by atoms with E-state index in [1.165, 1.54) is 20.4 Å². The first kappa shape index (κ1) is 17.9. The molecule has 7 nitrogen and oxygen atoms in total.